The van der Waals surface area contributed by atoms with Crippen LogP contribution in [0, 0.1) is 19.8 Å². The first kappa shape index (κ1) is 50.1. The lowest BCUT2D eigenvalue weighted by molar-refractivity contribution is 0.0932. The molecule has 2 aromatic rings. The maximum atomic E-state index is 13.1. The lowest BCUT2D eigenvalue weighted by atomic mass is 10.0. The van der Waals surface area contributed by atoms with Gasteiger partial charge in [0.2, 0.25) is 0 Å². The van der Waals surface area contributed by atoms with Gasteiger partial charge in [-0.2, -0.15) is 0 Å². The number of nitrogens with one attached hydrogen (secondary N) is 3. The minimum Gasteiger partial charge on any atom is -0.396 e. The molecule has 0 saturated heterocycles. The van der Waals surface area contributed by atoms with Crippen molar-refractivity contribution < 1.29 is 23.5 Å². The number of amides is 2. The highest BCUT2D eigenvalue weighted by molar-refractivity contribution is 5.99. The van der Waals surface area contributed by atoms with Crippen molar-refractivity contribution in [3.05, 3.63) is 120 Å². The van der Waals surface area contributed by atoms with Crippen molar-refractivity contribution in [2.24, 2.45) is 0 Å². The zero-order chi connectivity index (χ0) is 38.9. The van der Waals surface area contributed by atoms with E-state index >= 15 is 0 Å². The Balaban J connectivity index is -0.00000124. The average molecular weight is 696 g/mol. The summed E-state index contributed by atoms with van der Waals surface area (Å²) in [5, 5.41) is 17.6. The molecule has 278 valence electrons. The van der Waals surface area contributed by atoms with Gasteiger partial charge in [0.1, 0.15) is 5.83 Å². The molecule has 0 aliphatic rings. The molecule has 1 unspecified atom stereocenters. The van der Waals surface area contributed by atoms with Crippen molar-refractivity contribution >= 4 is 11.8 Å². The molecule has 4 N–H and O–H groups in total. The number of halogens is 2. The molecule has 0 saturated carbocycles. The van der Waals surface area contributed by atoms with Crippen LogP contribution in [0.2, 0.25) is 0 Å². The van der Waals surface area contributed by atoms with Crippen molar-refractivity contribution in [1.29, 1.82) is 0 Å². The van der Waals surface area contributed by atoms with Gasteiger partial charge in [-0.25, -0.2) is 8.78 Å². The molecule has 2 amide bonds. The SMILES string of the molecule is C#C.C/C=C(\CC)CC[C@@H](CCNCCC)NC(=O)c1cccc(C(=O)NC(C)c2ccc(C)cc2)c1.C=C.C=C(F)/C=C(\C)F.CCCO. The van der Waals surface area contributed by atoms with Crippen LogP contribution in [-0.4, -0.2) is 42.7 Å². The topological polar surface area (TPSA) is 90.5 Å². The average Bonchev–Trinajstić information content (AvgIpc) is 3.12. The summed E-state index contributed by atoms with van der Waals surface area (Å²) >= 11 is 0. The molecule has 2 aromatic carbocycles. The molecule has 0 fully saturated rings. The van der Waals surface area contributed by atoms with Crippen LogP contribution in [-0.2, 0) is 0 Å². The summed E-state index contributed by atoms with van der Waals surface area (Å²) in [4.78, 5) is 26.0. The second kappa shape index (κ2) is 33.2. The number of aliphatic hydroxyl groups is 1. The van der Waals surface area contributed by atoms with E-state index in [0.29, 0.717) is 17.7 Å². The van der Waals surface area contributed by atoms with Crippen LogP contribution in [0.3, 0.4) is 0 Å². The second-order valence-corrected chi connectivity index (χ2v) is 11.1. The maximum absolute atomic E-state index is 13.1. The summed E-state index contributed by atoms with van der Waals surface area (Å²) in [6, 6.07) is 15.1. The van der Waals surface area contributed by atoms with Gasteiger partial charge in [0.15, 0.2) is 0 Å². The zero-order valence-electron chi connectivity index (χ0n) is 31.6. The molecule has 50 heavy (non-hydrogen) atoms. The fourth-order valence-corrected chi connectivity index (χ4v) is 4.26. The van der Waals surface area contributed by atoms with E-state index in [0.717, 1.165) is 70.2 Å². The summed E-state index contributed by atoms with van der Waals surface area (Å²) < 4.78 is 23.0. The van der Waals surface area contributed by atoms with E-state index in [1.807, 2.05) is 45.0 Å². The molecule has 2 rings (SSSR count). The summed E-state index contributed by atoms with van der Waals surface area (Å²) in [6.07, 6.45) is 16.7. The van der Waals surface area contributed by atoms with Crippen molar-refractivity contribution in [3.8, 4) is 12.8 Å². The van der Waals surface area contributed by atoms with Crippen molar-refractivity contribution in [1.82, 2.24) is 16.0 Å². The van der Waals surface area contributed by atoms with E-state index in [2.05, 4.69) is 75.4 Å². The van der Waals surface area contributed by atoms with Gasteiger partial charge in [-0.05, 0) is 103 Å². The first-order chi connectivity index (χ1) is 23.9. The van der Waals surface area contributed by atoms with Crippen molar-refractivity contribution in [2.45, 2.75) is 99.1 Å². The lowest BCUT2D eigenvalue weighted by Gasteiger charge is -2.20. The van der Waals surface area contributed by atoms with Gasteiger partial charge >= 0.3 is 0 Å². The summed E-state index contributed by atoms with van der Waals surface area (Å²) in [5.74, 6) is -1.63. The summed E-state index contributed by atoms with van der Waals surface area (Å²) in [6.45, 7) is 24.5. The highest BCUT2D eigenvalue weighted by Gasteiger charge is 2.17. The van der Waals surface area contributed by atoms with E-state index in [4.69, 9.17) is 5.11 Å². The van der Waals surface area contributed by atoms with E-state index in [1.54, 1.807) is 24.3 Å². The van der Waals surface area contributed by atoms with Crippen LogP contribution in [0.5, 0.6) is 0 Å². The molecule has 0 aromatic heterocycles. The molecular formula is C42H63F2N3O3. The zero-order valence-corrected chi connectivity index (χ0v) is 31.6. The quantitative estimate of drug-likeness (QED) is 0.0609. The van der Waals surface area contributed by atoms with E-state index in [1.165, 1.54) is 11.1 Å². The number of aryl methyl sites for hydroxylation is 1. The second-order valence-electron chi connectivity index (χ2n) is 11.1. The number of allylic oxidation sites excluding steroid dienone is 5. The summed E-state index contributed by atoms with van der Waals surface area (Å²) in [5.41, 5.74) is 4.63. The Labute approximate surface area is 302 Å². The van der Waals surface area contributed by atoms with Crippen LogP contribution in [0.1, 0.15) is 118 Å². The molecule has 0 aliphatic heterocycles. The normalized spacial score (nSPS) is 11.6. The van der Waals surface area contributed by atoms with Gasteiger partial charge < -0.3 is 21.1 Å². The molecule has 0 aliphatic carbocycles. The van der Waals surface area contributed by atoms with E-state index < -0.39 is 11.7 Å². The van der Waals surface area contributed by atoms with Gasteiger partial charge in [-0.15, -0.1) is 26.0 Å². The Morgan fingerprint density at radius 2 is 1.46 bits per heavy atom. The number of aliphatic hydroxyl groups excluding tert-OH is 1. The first-order valence-electron chi connectivity index (χ1n) is 17.2. The van der Waals surface area contributed by atoms with Crippen molar-refractivity contribution in [3.63, 3.8) is 0 Å². The maximum Gasteiger partial charge on any atom is 0.251 e. The Bertz CT molecular complexity index is 1280. The number of carbonyl (C=O) groups excluding carboxylic acids is 2. The third kappa shape index (κ3) is 25.7. The van der Waals surface area contributed by atoms with Gasteiger partial charge in [0.25, 0.3) is 11.8 Å². The fraction of sp³-hybridized carbons (Fsp3) is 0.429. The monoisotopic (exact) mass is 695 g/mol. The Morgan fingerprint density at radius 1 is 0.920 bits per heavy atom. The van der Waals surface area contributed by atoms with Crippen LogP contribution in [0.15, 0.2) is 97.6 Å². The van der Waals surface area contributed by atoms with Crippen LogP contribution >= 0.6 is 0 Å². The first-order valence-corrected chi connectivity index (χ1v) is 17.2. The van der Waals surface area contributed by atoms with Crippen LogP contribution in [0.4, 0.5) is 8.78 Å². The minimum atomic E-state index is -0.750. The molecule has 0 radical (unpaired) electrons. The highest BCUT2D eigenvalue weighted by Crippen LogP contribution is 2.16. The molecular weight excluding hydrogens is 632 g/mol. The standard InChI is InChI=1S/C30H43N3O2.C5H6F2.C3H8O.C2H4.C2H2/c1-6-19-31-20-18-28(17-14-24(7-2)8-3)33-30(35)27-11-9-10-26(21-27)29(34)32-23(5)25-15-12-22(4)13-16-25;1-4(6)3-5(2)7;1-2-3-4;2*1-2/h7,9-13,15-16,21,23,28,31H,6,8,14,17-20H2,1-5H3,(H,32,34)(H,33,35);3H,1H2,2H3;4H,2-3H2,1H3;1-2H2;1-2H/b24-7+;5-3+;;;/t23?,28-;;;;/m0..../s1. The fourth-order valence-electron chi connectivity index (χ4n) is 4.26. The van der Waals surface area contributed by atoms with Gasteiger partial charge in [-0.1, -0.05) is 74.9 Å². The predicted molar refractivity (Wildman–Crippen MR) is 209 cm³/mol. The van der Waals surface area contributed by atoms with Crippen molar-refractivity contribution in [2.75, 3.05) is 19.7 Å². The lowest BCUT2D eigenvalue weighted by Crippen LogP contribution is -2.37. The van der Waals surface area contributed by atoms with E-state index in [-0.39, 0.29) is 23.9 Å². The highest BCUT2D eigenvalue weighted by atomic mass is 19.1. The number of carbonyl (C=O) groups is 2. The molecule has 2 atom stereocenters. The van der Waals surface area contributed by atoms with Gasteiger partial charge in [0.05, 0.1) is 11.9 Å². The minimum absolute atomic E-state index is 0.0763. The third-order valence-electron chi connectivity index (χ3n) is 7.00. The number of benzene rings is 2. The molecule has 0 spiro atoms. The number of terminal acetylenes is 1. The third-order valence-corrected chi connectivity index (χ3v) is 7.00. The molecule has 6 nitrogen and oxygen atoms in total. The molecule has 8 heteroatoms. The Morgan fingerprint density at radius 3 is 1.88 bits per heavy atom. The Kier molecular flexibility index (Phi) is 33.2. The molecule has 0 bridgehead atoms. The van der Waals surface area contributed by atoms with Gasteiger partial charge in [-0.3, -0.25) is 9.59 Å². The van der Waals surface area contributed by atoms with Crippen LogP contribution in [0.25, 0.3) is 0 Å². The number of hydrogen-bond acceptors (Lipinski definition) is 4. The molecule has 0 heterocycles. The largest absolute Gasteiger partial charge is 0.396 e. The van der Waals surface area contributed by atoms with Crippen LogP contribution < -0.4 is 16.0 Å². The summed E-state index contributed by atoms with van der Waals surface area (Å²) in [7, 11) is 0. The smallest absolute Gasteiger partial charge is 0.251 e. The number of hydrogen-bond donors (Lipinski definition) is 4. The number of rotatable bonds is 16. The predicted octanol–water partition coefficient (Wildman–Crippen LogP) is 9.89. The van der Waals surface area contributed by atoms with Gasteiger partial charge in [0, 0.05) is 29.9 Å². The van der Waals surface area contributed by atoms with E-state index in [9.17, 15) is 18.4 Å². The Hall–Kier alpha value is -4.32.